The molecule has 4 aromatic rings. The van der Waals surface area contributed by atoms with Crippen LogP contribution in [0, 0.1) is 5.82 Å². The summed E-state index contributed by atoms with van der Waals surface area (Å²) in [7, 11) is 0. The Labute approximate surface area is 171 Å². The van der Waals surface area contributed by atoms with Crippen LogP contribution in [0.5, 0.6) is 0 Å². The molecule has 0 amide bonds. The molecule has 2 aromatic carbocycles. The summed E-state index contributed by atoms with van der Waals surface area (Å²) >= 11 is 7.76. The number of aryl methyl sites for hydroxylation is 1. The number of rotatable bonds is 6. The smallest absolute Gasteiger partial charge is 0.190 e. The first kappa shape index (κ1) is 18.7. The predicted octanol–water partition coefficient (Wildman–Crippen LogP) is 5.53. The maximum atomic E-state index is 13.2. The summed E-state index contributed by atoms with van der Waals surface area (Å²) in [4.78, 5) is 9.68. The van der Waals surface area contributed by atoms with E-state index in [0.29, 0.717) is 5.02 Å². The molecule has 0 spiro atoms. The summed E-state index contributed by atoms with van der Waals surface area (Å²) in [6.07, 6.45) is 6.49. The molecule has 28 heavy (non-hydrogen) atoms. The SMILES string of the molecule is Fc1ccc(N=c2scc(-c3cccc(Cl)c3)n2CCCn2ccnc2)cc1. The second kappa shape index (κ2) is 8.54. The Morgan fingerprint density at radius 2 is 1.96 bits per heavy atom. The normalized spacial score (nSPS) is 11.9. The molecule has 0 aliphatic rings. The van der Waals surface area contributed by atoms with Gasteiger partial charge in [0.15, 0.2) is 4.80 Å². The van der Waals surface area contributed by atoms with Crippen molar-refractivity contribution in [3.63, 3.8) is 0 Å². The first-order valence-electron chi connectivity index (χ1n) is 8.89. The summed E-state index contributed by atoms with van der Waals surface area (Å²) < 4.78 is 17.5. The van der Waals surface area contributed by atoms with Crippen LogP contribution < -0.4 is 4.80 Å². The van der Waals surface area contributed by atoms with Crippen LogP contribution in [0.25, 0.3) is 11.3 Å². The van der Waals surface area contributed by atoms with E-state index in [2.05, 4.69) is 19.5 Å². The third-order valence-electron chi connectivity index (χ3n) is 4.33. The van der Waals surface area contributed by atoms with Crippen LogP contribution in [0.3, 0.4) is 0 Å². The second-order valence-corrected chi connectivity index (χ2v) is 7.58. The van der Waals surface area contributed by atoms with E-state index in [9.17, 15) is 4.39 Å². The first-order chi connectivity index (χ1) is 13.7. The maximum absolute atomic E-state index is 13.2. The standard InChI is InChI=1S/C21H18ClFN4S/c22-17-4-1-3-16(13-17)20-14-28-21(25-19-7-5-18(23)6-8-19)27(20)11-2-10-26-12-9-24-15-26/h1,3-9,12-15H,2,10-11H2. The molecule has 0 fully saturated rings. The number of hydrogen-bond donors (Lipinski definition) is 0. The second-order valence-electron chi connectivity index (χ2n) is 6.31. The van der Waals surface area contributed by atoms with Crippen molar-refractivity contribution in [3.05, 3.63) is 88.3 Å². The number of imidazole rings is 1. The number of hydrogen-bond acceptors (Lipinski definition) is 3. The molecule has 0 saturated heterocycles. The third-order valence-corrected chi connectivity index (χ3v) is 5.43. The van der Waals surface area contributed by atoms with E-state index >= 15 is 0 Å². The molecule has 2 heterocycles. The Kier molecular flexibility index (Phi) is 5.69. The van der Waals surface area contributed by atoms with Crippen LogP contribution in [0.1, 0.15) is 6.42 Å². The minimum atomic E-state index is -0.266. The lowest BCUT2D eigenvalue weighted by Gasteiger charge is -2.10. The van der Waals surface area contributed by atoms with Crippen LogP contribution in [0.2, 0.25) is 5.02 Å². The molecule has 142 valence electrons. The summed E-state index contributed by atoms with van der Waals surface area (Å²) in [5, 5.41) is 2.79. The Bertz CT molecular complexity index is 1110. The van der Waals surface area contributed by atoms with Gasteiger partial charge in [0.1, 0.15) is 5.82 Å². The quantitative estimate of drug-likeness (QED) is 0.410. The van der Waals surface area contributed by atoms with Crippen molar-refractivity contribution >= 4 is 28.6 Å². The van der Waals surface area contributed by atoms with Crippen LogP contribution in [-0.4, -0.2) is 14.1 Å². The molecular weight excluding hydrogens is 395 g/mol. The van der Waals surface area contributed by atoms with Crippen molar-refractivity contribution in [2.24, 2.45) is 4.99 Å². The fraction of sp³-hybridized carbons (Fsp3) is 0.143. The highest BCUT2D eigenvalue weighted by Crippen LogP contribution is 2.24. The molecule has 0 atom stereocenters. The van der Waals surface area contributed by atoms with Gasteiger partial charge in [-0.25, -0.2) is 14.4 Å². The molecule has 0 aliphatic heterocycles. The average Bonchev–Trinajstić information content (AvgIpc) is 3.34. The topological polar surface area (TPSA) is 35.1 Å². The lowest BCUT2D eigenvalue weighted by Crippen LogP contribution is -2.17. The van der Waals surface area contributed by atoms with Gasteiger partial charge in [-0.05, 0) is 42.8 Å². The maximum Gasteiger partial charge on any atom is 0.190 e. The highest BCUT2D eigenvalue weighted by atomic mass is 35.5. The van der Waals surface area contributed by atoms with Gasteiger partial charge in [-0.15, -0.1) is 11.3 Å². The van der Waals surface area contributed by atoms with Crippen LogP contribution in [-0.2, 0) is 13.1 Å². The molecule has 7 heteroatoms. The Morgan fingerprint density at radius 3 is 2.71 bits per heavy atom. The molecular formula is C21H18ClFN4S. The Balaban J connectivity index is 1.69. The number of aromatic nitrogens is 3. The molecule has 0 radical (unpaired) electrons. The monoisotopic (exact) mass is 412 g/mol. The average molecular weight is 413 g/mol. The van der Waals surface area contributed by atoms with Crippen molar-refractivity contribution in [1.29, 1.82) is 0 Å². The molecule has 2 aromatic heterocycles. The van der Waals surface area contributed by atoms with Gasteiger partial charge in [0, 0.05) is 41.4 Å². The molecule has 4 nitrogen and oxygen atoms in total. The van der Waals surface area contributed by atoms with Crippen molar-refractivity contribution in [3.8, 4) is 11.3 Å². The zero-order chi connectivity index (χ0) is 19.3. The highest BCUT2D eigenvalue weighted by molar-refractivity contribution is 7.07. The lowest BCUT2D eigenvalue weighted by molar-refractivity contribution is 0.559. The summed E-state index contributed by atoms with van der Waals surface area (Å²) in [6, 6.07) is 14.0. The fourth-order valence-corrected chi connectivity index (χ4v) is 4.12. The molecule has 0 unspecified atom stereocenters. The number of benzene rings is 2. The number of nitrogens with zero attached hydrogens (tertiary/aromatic N) is 4. The van der Waals surface area contributed by atoms with Crippen molar-refractivity contribution < 1.29 is 4.39 Å². The predicted molar refractivity (Wildman–Crippen MR) is 111 cm³/mol. The summed E-state index contributed by atoms with van der Waals surface area (Å²) in [6.45, 7) is 1.66. The molecule has 4 rings (SSSR count). The zero-order valence-corrected chi connectivity index (χ0v) is 16.6. The lowest BCUT2D eigenvalue weighted by atomic mass is 10.2. The van der Waals surface area contributed by atoms with Crippen molar-refractivity contribution in [2.45, 2.75) is 19.5 Å². The van der Waals surface area contributed by atoms with Gasteiger partial charge in [-0.2, -0.15) is 0 Å². The minimum absolute atomic E-state index is 0.266. The van der Waals surface area contributed by atoms with E-state index < -0.39 is 0 Å². The van der Waals surface area contributed by atoms with Gasteiger partial charge in [-0.3, -0.25) is 0 Å². The van der Waals surface area contributed by atoms with E-state index in [-0.39, 0.29) is 5.82 Å². The first-order valence-corrected chi connectivity index (χ1v) is 10.1. The van der Waals surface area contributed by atoms with E-state index in [1.807, 2.05) is 36.8 Å². The molecule has 0 bridgehead atoms. The fourth-order valence-electron chi connectivity index (χ4n) is 2.97. The van der Waals surface area contributed by atoms with Gasteiger partial charge in [0.2, 0.25) is 0 Å². The highest BCUT2D eigenvalue weighted by Gasteiger charge is 2.09. The van der Waals surface area contributed by atoms with Crippen LogP contribution in [0.4, 0.5) is 10.1 Å². The van der Waals surface area contributed by atoms with Crippen LogP contribution in [0.15, 0.2) is 77.6 Å². The van der Waals surface area contributed by atoms with Crippen LogP contribution >= 0.6 is 22.9 Å². The molecule has 0 aliphatic carbocycles. The number of halogens is 2. The van der Waals surface area contributed by atoms with Gasteiger partial charge in [0.25, 0.3) is 0 Å². The Morgan fingerprint density at radius 1 is 1.11 bits per heavy atom. The summed E-state index contributed by atoms with van der Waals surface area (Å²) in [5.41, 5.74) is 2.84. The number of thiazole rings is 1. The minimum Gasteiger partial charge on any atom is -0.337 e. The van der Waals surface area contributed by atoms with Crippen molar-refractivity contribution in [2.75, 3.05) is 0 Å². The van der Waals surface area contributed by atoms with Crippen molar-refractivity contribution in [1.82, 2.24) is 14.1 Å². The van der Waals surface area contributed by atoms with Gasteiger partial charge in [0.05, 0.1) is 17.7 Å². The van der Waals surface area contributed by atoms with Gasteiger partial charge in [-0.1, -0.05) is 23.7 Å². The summed E-state index contributed by atoms with van der Waals surface area (Å²) in [5.74, 6) is -0.266. The van der Waals surface area contributed by atoms with E-state index in [1.54, 1.807) is 29.7 Å². The van der Waals surface area contributed by atoms with E-state index in [1.165, 1.54) is 12.1 Å². The third kappa shape index (κ3) is 4.40. The largest absolute Gasteiger partial charge is 0.337 e. The molecule has 0 saturated carbocycles. The Hall–Kier alpha value is -2.70. The molecule has 0 N–H and O–H groups in total. The zero-order valence-electron chi connectivity index (χ0n) is 15.0. The van der Waals surface area contributed by atoms with E-state index in [4.69, 9.17) is 16.6 Å². The van der Waals surface area contributed by atoms with E-state index in [0.717, 1.165) is 41.3 Å². The van der Waals surface area contributed by atoms with Gasteiger partial charge >= 0.3 is 0 Å². The van der Waals surface area contributed by atoms with Gasteiger partial charge < -0.3 is 9.13 Å².